The van der Waals surface area contributed by atoms with E-state index in [0.717, 1.165) is 18.6 Å². The third kappa shape index (κ3) is 3.45. The van der Waals surface area contributed by atoms with Crippen LogP contribution in [0.1, 0.15) is 23.2 Å². The van der Waals surface area contributed by atoms with Gasteiger partial charge < -0.3 is 9.64 Å². The molecule has 0 bridgehead atoms. The second-order valence-corrected chi connectivity index (χ2v) is 5.43. The summed E-state index contributed by atoms with van der Waals surface area (Å²) in [6.45, 7) is 1.26. The van der Waals surface area contributed by atoms with Gasteiger partial charge in [0.2, 0.25) is 0 Å². The molecule has 1 aliphatic rings. The summed E-state index contributed by atoms with van der Waals surface area (Å²) in [5.41, 5.74) is 0.405. The Bertz CT molecular complexity index is 637. The van der Waals surface area contributed by atoms with Crippen LogP contribution in [0.2, 0.25) is 0 Å². The highest BCUT2D eigenvalue weighted by Crippen LogP contribution is 2.20. The third-order valence-electron chi connectivity index (χ3n) is 3.85. The fraction of sp³-hybridized carbons (Fsp3) is 0.278. The predicted octanol–water partition coefficient (Wildman–Crippen LogP) is 3.51. The summed E-state index contributed by atoms with van der Waals surface area (Å²) in [7, 11) is 0. The van der Waals surface area contributed by atoms with E-state index < -0.39 is 0 Å². The van der Waals surface area contributed by atoms with Crippen molar-refractivity contribution in [2.24, 2.45) is 0 Å². The Morgan fingerprint density at radius 3 is 2.45 bits per heavy atom. The average molecular weight is 299 g/mol. The predicted molar refractivity (Wildman–Crippen MR) is 82.4 cm³/mol. The number of halogens is 1. The zero-order chi connectivity index (χ0) is 15.4. The summed E-state index contributed by atoms with van der Waals surface area (Å²) in [5.74, 6) is 0.364. The quantitative estimate of drug-likeness (QED) is 0.868. The lowest BCUT2D eigenvalue weighted by atomic mass is 10.1. The van der Waals surface area contributed by atoms with Crippen molar-refractivity contribution >= 4 is 5.91 Å². The normalized spacial score (nSPS) is 15.6. The van der Waals surface area contributed by atoms with Crippen LogP contribution in [0.3, 0.4) is 0 Å². The van der Waals surface area contributed by atoms with Gasteiger partial charge in [-0.3, -0.25) is 4.79 Å². The molecule has 114 valence electrons. The number of hydrogen-bond donors (Lipinski definition) is 0. The Kier molecular flexibility index (Phi) is 4.37. The van der Waals surface area contributed by atoms with Gasteiger partial charge in [-0.25, -0.2) is 4.39 Å². The second kappa shape index (κ2) is 6.60. The highest BCUT2D eigenvalue weighted by molar-refractivity contribution is 5.94. The van der Waals surface area contributed by atoms with Crippen LogP contribution in [0.15, 0.2) is 54.6 Å². The molecule has 1 heterocycles. The molecule has 0 saturated carbocycles. The molecule has 4 heteroatoms. The lowest BCUT2D eigenvalue weighted by Gasteiger charge is -2.32. The summed E-state index contributed by atoms with van der Waals surface area (Å²) in [5, 5.41) is 0. The summed E-state index contributed by atoms with van der Waals surface area (Å²) >= 11 is 0. The number of benzene rings is 2. The standard InChI is InChI=1S/C18H18FNO2/c19-15-6-4-5-14(13-15)18(21)20-11-9-17(10-12-20)22-16-7-2-1-3-8-16/h1-8,13,17H,9-12H2. The smallest absolute Gasteiger partial charge is 0.253 e. The fourth-order valence-corrected chi connectivity index (χ4v) is 2.67. The molecule has 0 aromatic heterocycles. The van der Waals surface area contributed by atoms with Crippen molar-refractivity contribution in [1.29, 1.82) is 0 Å². The average Bonchev–Trinajstić information content (AvgIpc) is 2.56. The van der Waals surface area contributed by atoms with Gasteiger partial charge in [0.1, 0.15) is 17.7 Å². The molecule has 2 aromatic rings. The first-order valence-corrected chi connectivity index (χ1v) is 7.49. The topological polar surface area (TPSA) is 29.5 Å². The van der Waals surface area contributed by atoms with Crippen LogP contribution in [0.4, 0.5) is 4.39 Å². The summed E-state index contributed by atoms with van der Waals surface area (Å²) in [6, 6.07) is 15.6. The molecule has 1 aliphatic heterocycles. The van der Waals surface area contributed by atoms with Gasteiger partial charge >= 0.3 is 0 Å². The van der Waals surface area contributed by atoms with E-state index in [1.165, 1.54) is 12.1 Å². The van der Waals surface area contributed by atoms with Gasteiger partial charge in [-0.1, -0.05) is 24.3 Å². The lowest BCUT2D eigenvalue weighted by molar-refractivity contribution is 0.0595. The molecule has 3 nitrogen and oxygen atoms in total. The zero-order valence-corrected chi connectivity index (χ0v) is 12.2. The number of rotatable bonds is 3. The molecule has 0 N–H and O–H groups in total. The van der Waals surface area contributed by atoms with Crippen LogP contribution >= 0.6 is 0 Å². The molecule has 22 heavy (non-hydrogen) atoms. The maximum absolute atomic E-state index is 13.2. The second-order valence-electron chi connectivity index (χ2n) is 5.43. The minimum Gasteiger partial charge on any atom is -0.490 e. The van der Waals surface area contributed by atoms with Crippen LogP contribution in [-0.2, 0) is 0 Å². The minimum absolute atomic E-state index is 0.113. The molecular weight excluding hydrogens is 281 g/mol. The molecule has 0 spiro atoms. The first-order valence-electron chi connectivity index (χ1n) is 7.49. The number of para-hydroxylation sites is 1. The number of hydrogen-bond acceptors (Lipinski definition) is 2. The van der Waals surface area contributed by atoms with Gasteiger partial charge in [-0.15, -0.1) is 0 Å². The molecular formula is C18H18FNO2. The molecule has 0 radical (unpaired) electrons. The largest absolute Gasteiger partial charge is 0.490 e. The molecule has 0 atom stereocenters. The van der Waals surface area contributed by atoms with E-state index in [1.54, 1.807) is 17.0 Å². The highest BCUT2D eigenvalue weighted by atomic mass is 19.1. The van der Waals surface area contributed by atoms with E-state index in [2.05, 4.69) is 0 Å². The first-order chi connectivity index (χ1) is 10.7. The van der Waals surface area contributed by atoms with Crippen molar-refractivity contribution in [1.82, 2.24) is 4.90 Å². The molecule has 0 aliphatic carbocycles. The summed E-state index contributed by atoms with van der Waals surface area (Å²) < 4.78 is 19.1. The third-order valence-corrected chi connectivity index (χ3v) is 3.85. The molecule has 0 unspecified atom stereocenters. The van der Waals surface area contributed by atoms with Crippen LogP contribution < -0.4 is 4.74 Å². The molecule has 1 saturated heterocycles. The maximum atomic E-state index is 13.2. The summed E-state index contributed by atoms with van der Waals surface area (Å²) in [4.78, 5) is 14.1. The number of carbonyl (C=O) groups is 1. The van der Waals surface area contributed by atoms with Crippen LogP contribution in [0, 0.1) is 5.82 Å². The lowest BCUT2D eigenvalue weighted by Crippen LogP contribution is -2.41. The van der Waals surface area contributed by atoms with Crippen molar-refractivity contribution in [3.8, 4) is 5.75 Å². The van der Waals surface area contributed by atoms with Crippen molar-refractivity contribution in [3.63, 3.8) is 0 Å². The SMILES string of the molecule is O=C(c1cccc(F)c1)N1CCC(Oc2ccccc2)CC1. The van der Waals surface area contributed by atoms with Crippen molar-refractivity contribution < 1.29 is 13.9 Å². The van der Waals surface area contributed by atoms with Crippen molar-refractivity contribution in [2.75, 3.05) is 13.1 Å². The number of carbonyl (C=O) groups excluding carboxylic acids is 1. The number of piperidine rings is 1. The van der Waals surface area contributed by atoms with E-state index >= 15 is 0 Å². The van der Waals surface area contributed by atoms with E-state index in [4.69, 9.17) is 4.74 Å². The number of ether oxygens (including phenoxy) is 1. The first kappa shape index (κ1) is 14.6. The van der Waals surface area contributed by atoms with Crippen molar-refractivity contribution in [3.05, 3.63) is 66.0 Å². The van der Waals surface area contributed by atoms with E-state index in [0.29, 0.717) is 18.7 Å². The number of nitrogens with zero attached hydrogens (tertiary/aromatic N) is 1. The molecule has 2 aromatic carbocycles. The zero-order valence-electron chi connectivity index (χ0n) is 12.2. The Hall–Kier alpha value is -2.36. The maximum Gasteiger partial charge on any atom is 0.253 e. The molecule has 1 fully saturated rings. The van der Waals surface area contributed by atoms with Gasteiger partial charge in [0.15, 0.2) is 0 Å². The van der Waals surface area contributed by atoms with E-state index in [-0.39, 0.29) is 17.8 Å². The Balaban J connectivity index is 1.56. The van der Waals surface area contributed by atoms with Crippen LogP contribution in [0.25, 0.3) is 0 Å². The molecule has 1 amide bonds. The van der Waals surface area contributed by atoms with Gasteiger partial charge in [0.05, 0.1) is 0 Å². The van der Waals surface area contributed by atoms with E-state index in [9.17, 15) is 9.18 Å². The Labute approximate surface area is 129 Å². The number of likely N-dealkylation sites (tertiary alicyclic amines) is 1. The molecule has 3 rings (SSSR count). The monoisotopic (exact) mass is 299 g/mol. The van der Waals surface area contributed by atoms with Gasteiger partial charge in [-0.05, 0) is 30.3 Å². The van der Waals surface area contributed by atoms with Gasteiger partial charge in [0, 0.05) is 31.5 Å². The number of amides is 1. The van der Waals surface area contributed by atoms with Gasteiger partial charge in [0.25, 0.3) is 5.91 Å². The fourth-order valence-electron chi connectivity index (χ4n) is 2.67. The van der Waals surface area contributed by atoms with Crippen LogP contribution in [-0.4, -0.2) is 30.0 Å². The van der Waals surface area contributed by atoms with E-state index in [1.807, 2.05) is 30.3 Å². The highest BCUT2D eigenvalue weighted by Gasteiger charge is 2.24. The summed E-state index contributed by atoms with van der Waals surface area (Å²) in [6.07, 6.45) is 1.70. The van der Waals surface area contributed by atoms with Gasteiger partial charge in [-0.2, -0.15) is 0 Å². The van der Waals surface area contributed by atoms with Crippen molar-refractivity contribution in [2.45, 2.75) is 18.9 Å². The Morgan fingerprint density at radius 2 is 1.77 bits per heavy atom. The minimum atomic E-state index is -0.381. The Morgan fingerprint density at radius 1 is 1.05 bits per heavy atom. The van der Waals surface area contributed by atoms with Crippen LogP contribution in [0.5, 0.6) is 5.75 Å².